The zero-order valence-electron chi connectivity index (χ0n) is 10.7. The Morgan fingerprint density at radius 3 is 3.00 bits per heavy atom. The molecule has 6 heteroatoms. The third-order valence-corrected chi connectivity index (χ3v) is 2.99. The molecular formula is C14H12ClFN2O2. The molecule has 0 atom stereocenters. The number of hydrogen-bond donors (Lipinski definition) is 1. The quantitative estimate of drug-likeness (QED) is 0.943. The van der Waals surface area contributed by atoms with Crippen molar-refractivity contribution >= 4 is 17.5 Å². The number of hydrogen-bond acceptors (Lipinski definition) is 3. The van der Waals surface area contributed by atoms with Crippen LogP contribution in [0.5, 0.6) is 5.88 Å². The van der Waals surface area contributed by atoms with Crippen LogP contribution >= 0.6 is 11.6 Å². The average molecular weight is 295 g/mol. The molecule has 4 nitrogen and oxygen atoms in total. The van der Waals surface area contributed by atoms with Gasteiger partial charge < -0.3 is 10.1 Å². The molecule has 0 saturated carbocycles. The van der Waals surface area contributed by atoms with E-state index >= 15 is 0 Å². The molecule has 0 aliphatic rings. The van der Waals surface area contributed by atoms with Gasteiger partial charge in [0.1, 0.15) is 5.82 Å². The Kier molecular flexibility index (Phi) is 4.53. The van der Waals surface area contributed by atoms with Gasteiger partial charge in [0.25, 0.3) is 5.91 Å². The number of carbonyl (C=O) groups is 1. The number of pyridine rings is 1. The summed E-state index contributed by atoms with van der Waals surface area (Å²) in [7, 11) is 1.50. The van der Waals surface area contributed by atoms with E-state index in [4.69, 9.17) is 16.3 Å². The normalized spacial score (nSPS) is 10.2. The van der Waals surface area contributed by atoms with E-state index in [2.05, 4.69) is 10.3 Å². The van der Waals surface area contributed by atoms with E-state index in [1.54, 1.807) is 18.3 Å². The maximum absolute atomic E-state index is 13.1. The number of benzene rings is 1. The predicted molar refractivity (Wildman–Crippen MR) is 73.4 cm³/mol. The summed E-state index contributed by atoms with van der Waals surface area (Å²) in [6.45, 7) is 0.211. The summed E-state index contributed by atoms with van der Waals surface area (Å²) in [4.78, 5) is 16.0. The van der Waals surface area contributed by atoms with Gasteiger partial charge in [-0.2, -0.15) is 0 Å². The summed E-state index contributed by atoms with van der Waals surface area (Å²) in [6.07, 6.45) is 1.59. The number of ether oxygens (including phenoxy) is 1. The molecule has 1 heterocycles. The second kappa shape index (κ2) is 6.34. The Labute approximate surface area is 120 Å². The van der Waals surface area contributed by atoms with Crippen LogP contribution in [0.3, 0.4) is 0 Å². The lowest BCUT2D eigenvalue weighted by Gasteiger charge is -2.09. The van der Waals surface area contributed by atoms with E-state index in [0.29, 0.717) is 5.88 Å². The van der Waals surface area contributed by atoms with Crippen LogP contribution in [-0.4, -0.2) is 18.0 Å². The lowest BCUT2D eigenvalue weighted by molar-refractivity contribution is 0.0950. The van der Waals surface area contributed by atoms with Crippen LogP contribution in [0, 0.1) is 5.82 Å². The first-order valence-corrected chi connectivity index (χ1v) is 6.20. The van der Waals surface area contributed by atoms with Crippen LogP contribution < -0.4 is 10.1 Å². The molecule has 2 aromatic rings. The molecule has 0 spiro atoms. The fourth-order valence-electron chi connectivity index (χ4n) is 1.68. The molecule has 0 unspecified atom stereocenters. The molecule has 0 aliphatic heterocycles. The summed E-state index contributed by atoms with van der Waals surface area (Å²) in [5.41, 5.74) is 0.811. The Balaban J connectivity index is 2.11. The lowest BCUT2D eigenvalue weighted by atomic mass is 10.2. The van der Waals surface area contributed by atoms with Gasteiger partial charge in [0.2, 0.25) is 5.88 Å². The highest BCUT2D eigenvalue weighted by Gasteiger charge is 2.12. The average Bonchev–Trinajstić information content (AvgIpc) is 2.47. The minimum atomic E-state index is -0.515. The summed E-state index contributed by atoms with van der Waals surface area (Å²) in [5.74, 6) is -0.544. The molecule has 1 N–H and O–H groups in total. The van der Waals surface area contributed by atoms with E-state index < -0.39 is 11.7 Å². The monoisotopic (exact) mass is 294 g/mol. The first-order valence-electron chi connectivity index (χ1n) is 5.83. The minimum Gasteiger partial charge on any atom is -0.481 e. The maximum Gasteiger partial charge on any atom is 0.253 e. The van der Waals surface area contributed by atoms with Crippen molar-refractivity contribution in [2.75, 3.05) is 7.11 Å². The smallest absolute Gasteiger partial charge is 0.253 e. The molecule has 0 fully saturated rings. The van der Waals surface area contributed by atoms with Crippen LogP contribution in [0.1, 0.15) is 15.9 Å². The number of halogens is 2. The largest absolute Gasteiger partial charge is 0.481 e. The van der Waals surface area contributed by atoms with Gasteiger partial charge >= 0.3 is 0 Å². The fraction of sp³-hybridized carbons (Fsp3) is 0.143. The third kappa shape index (κ3) is 3.24. The first kappa shape index (κ1) is 14.3. The highest BCUT2D eigenvalue weighted by Crippen LogP contribution is 2.18. The molecule has 1 amide bonds. The molecular weight excluding hydrogens is 283 g/mol. The summed E-state index contributed by atoms with van der Waals surface area (Å²) < 4.78 is 18.2. The number of nitrogens with one attached hydrogen (secondary N) is 1. The Morgan fingerprint density at radius 1 is 1.45 bits per heavy atom. The van der Waals surface area contributed by atoms with Gasteiger partial charge in [-0.3, -0.25) is 4.79 Å². The van der Waals surface area contributed by atoms with Gasteiger partial charge in [0.05, 0.1) is 17.7 Å². The van der Waals surface area contributed by atoms with Crippen molar-refractivity contribution in [1.29, 1.82) is 0 Å². The van der Waals surface area contributed by atoms with Crippen LogP contribution in [0.4, 0.5) is 4.39 Å². The second-order valence-corrected chi connectivity index (χ2v) is 4.39. The molecule has 20 heavy (non-hydrogen) atoms. The molecule has 1 aromatic carbocycles. The van der Waals surface area contributed by atoms with Crippen molar-refractivity contribution in [3.63, 3.8) is 0 Å². The molecule has 1 aromatic heterocycles. The number of methoxy groups -OCH3 is 1. The molecule has 104 valence electrons. The van der Waals surface area contributed by atoms with Crippen molar-refractivity contribution in [1.82, 2.24) is 10.3 Å². The number of amides is 1. The second-order valence-electron chi connectivity index (χ2n) is 3.98. The maximum atomic E-state index is 13.1. The SMILES string of the molecule is COc1ncccc1CNC(=O)c1cc(F)ccc1Cl. The summed E-state index contributed by atoms with van der Waals surface area (Å²) in [6, 6.07) is 7.15. The predicted octanol–water partition coefficient (Wildman–Crippen LogP) is 2.81. The van der Waals surface area contributed by atoms with Crippen molar-refractivity contribution in [3.8, 4) is 5.88 Å². The lowest BCUT2D eigenvalue weighted by Crippen LogP contribution is -2.23. The Bertz CT molecular complexity index is 634. The van der Waals surface area contributed by atoms with E-state index in [1.807, 2.05) is 0 Å². The van der Waals surface area contributed by atoms with Crippen molar-refractivity contribution in [3.05, 3.63) is 58.5 Å². The first-order chi connectivity index (χ1) is 9.61. The van der Waals surface area contributed by atoms with Gasteiger partial charge in [-0.25, -0.2) is 9.37 Å². The van der Waals surface area contributed by atoms with Gasteiger partial charge in [-0.15, -0.1) is 0 Å². The Morgan fingerprint density at radius 2 is 2.25 bits per heavy atom. The van der Waals surface area contributed by atoms with Gasteiger partial charge in [0.15, 0.2) is 0 Å². The van der Waals surface area contributed by atoms with Crippen molar-refractivity contribution in [2.45, 2.75) is 6.54 Å². The molecule has 0 saturated heterocycles. The molecule has 0 bridgehead atoms. The summed E-state index contributed by atoms with van der Waals surface area (Å²) >= 11 is 5.87. The van der Waals surface area contributed by atoms with Crippen LogP contribution in [0.15, 0.2) is 36.5 Å². The van der Waals surface area contributed by atoms with Gasteiger partial charge in [0, 0.05) is 18.3 Å². The zero-order chi connectivity index (χ0) is 14.5. The number of carbonyl (C=O) groups excluding carboxylic acids is 1. The van der Waals surface area contributed by atoms with E-state index in [1.165, 1.54) is 19.2 Å². The topological polar surface area (TPSA) is 51.2 Å². The number of nitrogens with zero attached hydrogens (tertiary/aromatic N) is 1. The summed E-state index contributed by atoms with van der Waals surface area (Å²) in [5, 5.41) is 2.84. The van der Waals surface area contributed by atoms with Gasteiger partial charge in [-0.1, -0.05) is 17.7 Å². The minimum absolute atomic E-state index is 0.0922. The van der Waals surface area contributed by atoms with Crippen LogP contribution in [0.25, 0.3) is 0 Å². The Hall–Kier alpha value is -2.14. The van der Waals surface area contributed by atoms with E-state index in [9.17, 15) is 9.18 Å². The molecule has 0 aliphatic carbocycles. The van der Waals surface area contributed by atoms with Gasteiger partial charge in [-0.05, 0) is 24.3 Å². The molecule has 2 rings (SSSR count). The number of aromatic nitrogens is 1. The fourth-order valence-corrected chi connectivity index (χ4v) is 1.89. The van der Waals surface area contributed by atoms with Crippen molar-refractivity contribution in [2.24, 2.45) is 0 Å². The third-order valence-electron chi connectivity index (χ3n) is 2.66. The van der Waals surface area contributed by atoms with E-state index in [-0.39, 0.29) is 17.1 Å². The van der Waals surface area contributed by atoms with Crippen molar-refractivity contribution < 1.29 is 13.9 Å². The highest BCUT2D eigenvalue weighted by atomic mass is 35.5. The number of rotatable bonds is 4. The zero-order valence-corrected chi connectivity index (χ0v) is 11.4. The van der Waals surface area contributed by atoms with Crippen LogP contribution in [-0.2, 0) is 6.54 Å². The highest BCUT2D eigenvalue weighted by molar-refractivity contribution is 6.33. The standard InChI is InChI=1S/C14H12ClFN2O2/c1-20-14-9(3-2-6-17-14)8-18-13(19)11-7-10(16)4-5-12(11)15/h2-7H,8H2,1H3,(H,18,19). The van der Waals surface area contributed by atoms with E-state index in [0.717, 1.165) is 11.6 Å². The molecule has 0 radical (unpaired) electrons. The van der Waals surface area contributed by atoms with Crippen LogP contribution in [0.2, 0.25) is 5.02 Å².